The van der Waals surface area contributed by atoms with Crippen LogP contribution in [0.15, 0.2) is 17.6 Å². The van der Waals surface area contributed by atoms with E-state index in [1.807, 2.05) is 0 Å². The molecule has 0 bridgehead atoms. The minimum Gasteiger partial charge on any atom is -0.479 e. The Bertz CT molecular complexity index is 425. The lowest BCUT2D eigenvalue weighted by atomic mass is 10.5. The van der Waals surface area contributed by atoms with Crippen LogP contribution in [-0.2, 0) is 0 Å². The number of methoxy groups -OCH3 is 1. The number of hydrogen-bond donors (Lipinski definition) is 0. The number of aryl methyl sites for hydroxylation is 2. The molecule has 0 saturated carbocycles. The first kappa shape index (κ1) is 9.27. The van der Waals surface area contributed by atoms with Crippen molar-refractivity contribution >= 4 is 11.3 Å². The van der Waals surface area contributed by atoms with E-state index in [-0.39, 0.29) is 0 Å². The zero-order chi connectivity index (χ0) is 10.1. The molecule has 2 heterocycles. The summed E-state index contributed by atoms with van der Waals surface area (Å²) in [5.74, 6) is 0.692. The fourth-order valence-electron chi connectivity index (χ4n) is 1.51. The molecule has 0 aliphatic rings. The summed E-state index contributed by atoms with van der Waals surface area (Å²) in [6.45, 7) is 4.15. The Morgan fingerprint density at radius 1 is 1.29 bits per heavy atom. The number of rotatable bonds is 2. The van der Waals surface area contributed by atoms with Gasteiger partial charge in [-0.3, -0.25) is 0 Å². The van der Waals surface area contributed by atoms with Crippen LogP contribution in [0.25, 0.3) is 5.00 Å². The maximum atomic E-state index is 5.20. The van der Waals surface area contributed by atoms with Crippen molar-refractivity contribution in [3.05, 3.63) is 29.0 Å². The summed E-state index contributed by atoms with van der Waals surface area (Å²) in [4.78, 5) is 4.15. The quantitative estimate of drug-likeness (QED) is 0.758. The molecular weight excluding hydrogens is 196 g/mol. The van der Waals surface area contributed by atoms with Gasteiger partial charge >= 0.3 is 0 Å². The molecule has 0 spiro atoms. The van der Waals surface area contributed by atoms with Crippen LogP contribution < -0.4 is 4.74 Å². The van der Waals surface area contributed by atoms with Gasteiger partial charge < -0.3 is 9.30 Å². The third-order valence-electron chi connectivity index (χ3n) is 2.18. The number of nitrogens with zero attached hydrogens (tertiary/aromatic N) is 2. The number of aromatic nitrogens is 2. The van der Waals surface area contributed by atoms with Gasteiger partial charge in [-0.2, -0.15) is 0 Å². The molecule has 0 aromatic carbocycles. The lowest BCUT2D eigenvalue weighted by Gasteiger charge is -2.07. The van der Waals surface area contributed by atoms with Crippen LogP contribution in [0.5, 0.6) is 5.88 Å². The predicted octanol–water partition coefficient (Wildman–Crippen LogP) is 2.56. The molecule has 0 atom stereocenters. The standard InChI is InChI=1S/C10H12N2OS/c1-7-4-5-8(2)12(7)10-9(13-3)11-6-14-10/h4-6H,1-3H3. The smallest absolute Gasteiger partial charge is 0.249 e. The normalized spacial score (nSPS) is 10.5. The van der Waals surface area contributed by atoms with Gasteiger partial charge in [0.1, 0.15) is 0 Å². The van der Waals surface area contributed by atoms with Gasteiger partial charge in [0.25, 0.3) is 0 Å². The highest BCUT2D eigenvalue weighted by molar-refractivity contribution is 7.12. The first-order valence-electron chi connectivity index (χ1n) is 4.37. The molecule has 0 aliphatic carbocycles. The number of thiazole rings is 1. The van der Waals surface area contributed by atoms with Crippen LogP contribution >= 0.6 is 11.3 Å². The molecule has 0 aliphatic heterocycles. The first-order valence-corrected chi connectivity index (χ1v) is 5.25. The Labute approximate surface area is 87.0 Å². The molecule has 14 heavy (non-hydrogen) atoms. The Kier molecular flexibility index (Phi) is 2.29. The van der Waals surface area contributed by atoms with E-state index < -0.39 is 0 Å². The molecule has 0 N–H and O–H groups in total. The minimum absolute atomic E-state index is 0.692. The van der Waals surface area contributed by atoms with Crippen LogP contribution in [0, 0.1) is 13.8 Å². The van der Waals surface area contributed by atoms with Crippen molar-refractivity contribution in [2.75, 3.05) is 7.11 Å². The predicted molar refractivity (Wildman–Crippen MR) is 57.5 cm³/mol. The van der Waals surface area contributed by atoms with E-state index in [2.05, 4.69) is 35.5 Å². The molecule has 2 aromatic rings. The number of hydrogen-bond acceptors (Lipinski definition) is 3. The molecule has 74 valence electrons. The molecular formula is C10H12N2OS. The summed E-state index contributed by atoms with van der Waals surface area (Å²) in [6.07, 6.45) is 0. The maximum Gasteiger partial charge on any atom is 0.249 e. The van der Waals surface area contributed by atoms with Crippen LogP contribution in [0.2, 0.25) is 0 Å². The molecule has 0 unspecified atom stereocenters. The topological polar surface area (TPSA) is 27.1 Å². The van der Waals surface area contributed by atoms with Crippen molar-refractivity contribution < 1.29 is 4.74 Å². The highest BCUT2D eigenvalue weighted by Crippen LogP contribution is 2.28. The molecule has 2 rings (SSSR count). The van der Waals surface area contributed by atoms with Gasteiger partial charge in [0.15, 0.2) is 5.00 Å². The van der Waals surface area contributed by atoms with Gasteiger partial charge in [-0.05, 0) is 26.0 Å². The molecule has 0 radical (unpaired) electrons. The van der Waals surface area contributed by atoms with E-state index in [1.165, 1.54) is 11.4 Å². The van der Waals surface area contributed by atoms with Crippen molar-refractivity contribution in [3.8, 4) is 10.9 Å². The van der Waals surface area contributed by atoms with Gasteiger partial charge in [0.05, 0.1) is 12.6 Å². The second-order valence-corrected chi connectivity index (χ2v) is 3.95. The molecule has 2 aromatic heterocycles. The SMILES string of the molecule is COc1ncsc1-n1c(C)ccc1C. The van der Waals surface area contributed by atoms with E-state index in [4.69, 9.17) is 4.74 Å². The zero-order valence-corrected chi connectivity index (χ0v) is 9.26. The lowest BCUT2D eigenvalue weighted by Crippen LogP contribution is -1.98. The largest absolute Gasteiger partial charge is 0.479 e. The van der Waals surface area contributed by atoms with Gasteiger partial charge in [-0.1, -0.05) is 0 Å². The third-order valence-corrected chi connectivity index (χ3v) is 2.98. The van der Waals surface area contributed by atoms with Crippen LogP contribution in [0.3, 0.4) is 0 Å². The summed E-state index contributed by atoms with van der Waals surface area (Å²) in [6, 6.07) is 4.18. The van der Waals surface area contributed by atoms with Crippen molar-refractivity contribution in [2.24, 2.45) is 0 Å². The van der Waals surface area contributed by atoms with Crippen molar-refractivity contribution in [1.29, 1.82) is 0 Å². The fourth-order valence-corrected chi connectivity index (χ4v) is 2.39. The van der Waals surface area contributed by atoms with E-state index >= 15 is 0 Å². The van der Waals surface area contributed by atoms with Gasteiger partial charge in [-0.15, -0.1) is 11.3 Å². The molecule has 4 heteroatoms. The summed E-state index contributed by atoms with van der Waals surface area (Å²) < 4.78 is 7.35. The Morgan fingerprint density at radius 3 is 2.50 bits per heavy atom. The summed E-state index contributed by atoms with van der Waals surface area (Å²) >= 11 is 1.59. The van der Waals surface area contributed by atoms with Gasteiger partial charge in [0.2, 0.25) is 5.88 Å². The van der Waals surface area contributed by atoms with Crippen molar-refractivity contribution in [2.45, 2.75) is 13.8 Å². The Hall–Kier alpha value is -1.29. The highest BCUT2D eigenvalue weighted by Gasteiger charge is 2.11. The Balaban J connectivity index is 2.59. The van der Waals surface area contributed by atoms with Crippen LogP contribution in [0.4, 0.5) is 0 Å². The van der Waals surface area contributed by atoms with Crippen molar-refractivity contribution in [3.63, 3.8) is 0 Å². The van der Waals surface area contributed by atoms with Gasteiger partial charge in [0, 0.05) is 11.4 Å². The molecule has 0 saturated heterocycles. The maximum absolute atomic E-state index is 5.20. The summed E-state index contributed by atoms with van der Waals surface area (Å²) in [7, 11) is 1.65. The Morgan fingerprint density at radius 2 is 1.93 bits per heavy atom. The summed E-state index contributed by atoms with van der Waals surface area (Å²) in [5, 5.41) is 1.05. The van der Waals surface area contributed by atoms with E-state index in [0.717, 1.165) is 5.00 Å². The van der Waals surface area contributed by atoms with Crippen LogP contribution in [-0.4, -0.2) is 16.7 Å². The second-order valence-electron chi connectivity index (χ2n) is 3.12. The monoisotopic (exact) mass is 208 g/mol. The second kappa shape index (κ2) is 3.46. The highest BCUT2D eigenvalue weighted by atomic mass is 32.1. The minimum atomic E-state index is 0.692. The van der Waals surface area contributed by atoms with E-state index in [1.54, 1.807) is 24.0 Å². The summed E-state index contributed by atoms with van der Waals surface area (Å²) in [5.41, 5.74) is 4.20. The zero-order valence-electron chi connectivity index (χ0n) is 8.44. The van der Waals surface area contributed by atoms with E-state index in [9.17, 15) is 0 Å². The molecule has 0 amide bonds. The van der Waals surface area contributed by atoms with Crippen molar-refractivity contribution in [1.82, 2.24) is 9.55 Å². The average molecular weight is 208 g/mol. The van der Waals surface area contributed by atoms with E-state index in [0.29, 0.717) is 5.88 Å². The average Bonchev–Trinajstić information content (AvgIpc) is 2.73. The number of ether oxygens (including phenoxy) is 1. The fraction of sp³-hybridized carbons (Fsp3) is 0.300. The first-order chi connectivity index (χ1) is 6.74. The third kappa shape index (κ3) is 1.32. The molecule has 3 nitrogen and oxygen atoms in total. The van der Waals surface area contributed by atoms with Crippen LogP contribution in [0.1, 0.15) is 11.4 Å². The molecule has 0 fully saturated rings. The van der Waals surface area contributed by atoms with Gasteiger partial charge in [-0.25, -0.2) is 4.98 Å². The lowest BCUT2D eigenvalue weighted by molar-refractivity contribution is 0.399.